The highest BCUT2D eigenvalue weighted by molar-refractivity contribution is 7.22. The normalized spacial score (nSPS) is 14.8. The molecule has 1 saturated heterocycles. The van der Waals surface area contributed by atoms with Crippen LogP contribution in [0.1, 0.15) is 11.1 Å². The van der Waals surface area contributed by atoms with Crippen LogP contribution in [0.2, 0.25) is 0 Å². The minimum atomic E-state index is -0.534. The molecule has 0 spiro atoms. The third-order valence-corrected chi connectivity index (χ3v) is 7.26. The molecular formula is C24H26N4O4S. The predicted octanol–water partition coefficient (Wildman–Crippen LogP) is 3.19. The lowest BCUT2D eigenvalue weighted by molar-refractivity contribution is -0.119. The fourth-order valence-corrected chi connectivity index (χ4v) is 5.18. The number of hydrogen-bond donors (Lipinski definition) is 0. The van der Waals surface area contributed by atoms with Gasteiger partial charge in [0, 0.05) is 26.2 Å². The zero-order valence-corrected chi connectivity index (χ0v) is 19.6. The first kappa shape index (κ1) is 21.8. The summed E-state index contributed by atoms with van der Waals surface area (Å²) in [6.07, 6.45) is 0. The second-order valence-corrected chi connectivity index (χ2v) is 9.28. The van der Waals surface area contributed by atoms with Crippen molar-refractivity contribution in [1.29, 1.82) is 0 Å². The number of aromatic nitrogens is 2. The number of rotatable bonds is 6. The molecule has 0 atom stereocenters. The largest absolute Gasteiger partial charge is 0.420 e. The van der Waals surface area contributed by atoms with E-state index < -0.39 is 5.76 Å². The highest BCUT2D eigenvalue weighted by atomic mass is 32.1. The van der Waals surface area contributed by atoms with Crippen molar-refractivity contribution in [1.82, 2.24) is 14.5 Å². The van der Waals surface area contributed by atoms with Crippen molar-refractivity contribution in [2.45, 2.75) is 20.4 Å². The standard InChI is InChI=1S/C24H26N4O4S/c1-16-7-8-20-22(17(16)2)25-23(33-20)27(10-9-26-11-13-31-14-12-26)21(29)15-28-18-5-3-4-6-19(18)32-24(28)30/h3-8H,9-15H2,1-2H3. The average molecular weight is 467 g/mol. The Morgan fingerprint density at radius 2 is 1.94 bits per heavy atom. The van der Waals surface area contributed by atoms with E-state index in [-0.39, 0.29) is 12.5 Å². The zero-order chi connectivity index (χ0) is 22.9. The molecular weight excluding hydrogens is 440 g/mol. The van der Waals surface area contributed by atoms with E-state index in [1.165, 1.54) is 21.5 Å². The third-order valence-electron chi connectivity index (χ3n) is 6.22. The second kappa shape index (κ2) is 9.09. The fraction of sp³-hybridized carbons (Fsp3) is 0.375. The van der Waals surface area contributed by atoms with Crippen LogP contribution in [-0.4, -0.2) is 59.8 Å². The molecule has 1 aliphatic rings. The van der Waals surface area contributed by atoms with Crippen LogP contribution >= 0.6 is 11.3 Å². The molecule has 172 valence electrons. The Morgan fingerprint density at radius 3 is 2.76 bits per heavy atom. The van der Waals surface area contributed by atoms with E-state index in [0.717, 1.165) is 28.9 Å². The molecule has 3 heterocycles. The van der Waals surface area contributed by atoms with Gasteiger partial charge >= 0.3 is 5.76 Å². The molecule has 0 saturated carbocycles. The summed E-state index contributed by atoms with van der Waals surface area (Å²) >= 11 is 1.50. The second-order valence-electron chi connectivity index (χ2n) is 8.27. The number of carbonyl (C=O) groups excluding carboxylic acids is 1. The van der Waals surface area contributed by atoms with Gasteiger partial charge in [0.25, 0.3) is 0 Å². The Balaban J connectivity index is 1.47. The van der Waals surface area contributed by atoms with Crippen molar-refractivity contribution in [2.75, 3.05) is 44.3 Å². The van der Waals surface area contributed by atoms with Gasteiger partial charge in [-0.3, -0.25) is 19.2 Å². The van der Waals surface area contributed by atoms with E-state index in [1.54, 1.807) is 23.1 Å². The number of thiazole rings is 1. The van der Waals surface area contributed by atoms with E-state index in [2.05, 4.69) is 30.9 Å². The van der Waals surface area contributed by atoms with Crippen LogP contribution in [0.25, 0.3) is 21.3 Å². The molecule has 33 heavy (non-hydrogen) atoms. The summed E-state index contributed by atoms with van der Waals surface area (Å²) in [5.74, 6) is -0.723. The van der Waals surface area contributed by atoms with Crippen LogP contribution in [0.5, 0.6) is 0 Å². The number of benzene rings is 2. The Bertz CT molecular complexity index is 1370. The monoisotopic (exact) mass is 466 g/mol. The van der Waals surface area contributed by atoms with E-state index in [0.29, 0.717) is 42.5 Å². The maximum Gasteiger partial charge on any atom is 0.420 e. The Hall–Kier alpha value is -3.01. The average Bonchev–Trinajstić information content (AvgIpc) is 3.39. The van der Waals surface area contributed by atoms with Gasteiger partial charge in [-0.15, -0.1) is 0 Å². The lowest BCUT2D eigenvalue weighted by atomic mass is 10.1. The van der Waals surface area contributed by atoms with Gasteiger partial charge in [0.1, 0.15) is 6.54 Å². The molecule has 4 aromatic rings. The minimum Gasteiger partial charge on any atom is -0.408 e. The van der Waals surface area contributed by atoms with Crippen molar-refractivity contribution in [3.8, 4) is 0 Å². The van der Waals surface area contributed by atoms with Gasteiger partial charge in [0.15, 0.2) is 10.7 Å². The molecule has 5 rings (SSSR count). The number of fused-ring (bicyclic) bond motifs is 2. The van der Waals surface area contributed by atoms with Gasteiger partial charge in [-0.1, -0.05) is 29.5 Å². The molecule has 0 aliphatic carbocycles. The molecule has 0 radical (unpaired) electrons. The minimum absolute atomic E-state index is 0.104. The third kappa shape index (κ3) is 4.31. The summed E-state index contributed by atoms with van der Waals surface area (Å²) in [6.45, 7) is 8.29. The van der Waals surface area contributed by atoms with Crippen LogP contribution in [0, 0.1) is 13.8 Å². The zero-order valence-electron chi connectivity index (χ0n) is 18.7. The molecule has 1 amide bonds. The molecule has 0 unspecified atom stereocenters. The van der Waals surface area contributed by atoms with E-state index >= 15 is 0 Å². The Kier molecular flexibility index (Phi) is 6.01. The van der Waals surface area contributed by atoms with Gasteiger partial charge in [-0.05, 0) is 43.2 Å². The smallest absolute Gasteiger partial charge is 0.408 e. The van der Waals surface area contributed by atoms with Crippen LogP contribution in [-0.2, 0) is 16.1 Å². The summed E-state index contributed by atoms with van der Waals surface area (Å²) in [7, 11) is 0. The van der Waals surface area contributed by atoms with Crippen molar-refractivity contribution in [3.63, 3.8) is 0 Å². The summed E-state index contributed by atoms with van der Waals surface area (Å²) in [6, 6.07) is 11.3. The van der Waals surface area contributed by atoms with Gasteiger partial charge in [-0.2, -0.15) is 0 Å². The van der Waals surface area contributed by atoms with Gasteiger partial charge in [0.05, 0.1) is 28.9 Å². The molecule has 1 fully saturated rings. The van der Waals surface area contributed by atoms with Crippen molar-refractivity contribution >= 4 is 43.7 Å². The van der Waals surface area contributed by atoms with E-state index in [9.17, 15) is 9.59 Å². The Labute approximate surface area is 195 Å². The van der Waals surface area contributed by atoms with Gasteiger partial charge in [-0.25, -0.2) is 9.78 Å². The van der Waals surface area contributed by atoms with Gasteiger partial charge < -0.3 is 9.15 Å². The fourth-order valence-electron chi connectivity index (χ4n) is 4.11. The first-order valence-corrected chi connectivity index (χ1v) is 11.9. The SMILES string of the molecule is Cc1ccc2sc(N(CCN3CCOCC3)C(=O)Cn3c(=O)oc4ccccc43)nc2c1C. The highest BCUT2D eigenvalue weighted by Gasteiger charge is 2.24. The molecule has 1 aliphatic heterocycles. The quantitative estimate of drug-likeness (QED) is 0.434. The summed E-state index contributed by atoms with van der Waals surface area (Å²) < 4.78 is 13.2. The van der Waals surface area contributed by atoms with Crippen molar-refractivity contribution in [2.24, 2.45) is 0 Å². The van der Waals surface area contributed by atoms with Crippen LogP contribution in [0.4, 0.5) is 5.13 Å². The molecule has 8 nitrogen and oxygen atoms in total. The highest BCUT2D eigenvalue weighted by Crippen LogP contribution is 2.32. The first-order chi connectivity index (χ1) is 16.0. The number of morpholine rings is 1. The first-order valence-electron chi connectivity index (χ1n) is 11.1. The van der Waals surface area contributed by atoms with E-state index in [1.807, 2.05) is 6.07 Å². The number of nitrogens with zero attached hydrogens (tertiary/aromatic N) is 4. The maximum absolute atomic E-state index is 13.6. The summed E-state index contributed by atoms with van der Waals surface area (Å²) in [5.41, 5.74) is 4.29. The Morgan fingerprint density at radius 1 is 1.15 bits per heavy atom. The number of carbonyl (C=O) groups is 1. The van der Waals surface area contributed by atoms with E-state index in [4.69, 9.17) is 14.1 Å². The molecule has 9 heteroatoms. The van der Waals surface area contributed by atoms with Crippen molar-refractivity contribution in [3.05, 3.63) is 58.1 Å². The molecule has 2 aromatic heterocycles. The number of oxazole rings is 1. The number of hydrogen-bond acceptors (Lipinski definition) is 7. The van der Waals surface area contributed by atoms with Crippen LogP contribution in [0.15, 0.2) is 45.6 Å². The maximum atomic E-state index is 13.6. The lowest BCUT2D eigenvalue weighted by Crippen LogP contribution is -2.44. The molecule has 2 aromatic carbocycles. The van der Waals surface area contributed by atoms with Crippen LogP contribution < -0.4 is 10.7 Å². The lowest BCUT2D eigenvalue weighted by Gasteiger charge is -2.29. The number of para-hydroxylation sites is 2. The molecule has 0 bridgehead atoms. The summed E-state index contributed by atoms with van der Waals surface area (Å²) in [4.78, 5) is 34.8. The predicted molar refractivity (Wildman–Crippen MR) is 129 cm³/mol. The topological polar surface area (TPSA) is 80.8 Å². The van der Waals surface area contributed by atoms with Crippen LogP contribution in [0.3, 0.4) is 0 Å². The molecule has 0 N–H and O–H groups in total. The number of amides is 1. The number of aryl methyl sites for hydroxylation is 2. The number of anilines is 1. The van der Waals surface area contributed by atoms with Gasteiger partial charge in [0.2, 0.25) is 5.91 Å². The summed E-state index contributed by atoms with van der Waals surface area (Å²) in [5, 5.41) is 0.651. The number of ether oxygens (including phenoxy) is 1. The van der Waals surface area contributed by atoms with Crippen molar-refractivity contribution < 1.29 is 13.9 Å².